The minimum Gasteiger partial charge on any atom is -0.444 e. The quantitative estimate of drug-likeness (QED) is 0.690. The number of amides is 1. The Hall–Kier alpha value is -1.000. The van der Waals surface area contributed by atoms with Crippen LogP contribution in [0.3, 0.4) is 0 Å². The summed E-state index contributed by atoms with van der Waals surface area (Å²) in [6, 6.07) is 4.42. The fourth-order valence-corrected chi connectivity index (χ4v) is 4.38. The predicted octanol–water partition coefficient (Wildman–Crippen LogP) is 5.35. The normalized spacial score (nSPS) is 24.9. The van der Waals surface area contributed by atoms with Crippen LogP contribution in [0.1, 0.15) is 51.3 Å². The third-order valence-corrected chi connectivity index (χ3v) is 5.44. The van der Waals surface area contributed by atoms with E-state index in [9.17, 15) is 4.79 Å². The highest BCUT2D eigenvalue weighted by atomic mass is 35.5. The molecule has 1 saturated heterocycles. The van der Waals surface area contributed by atoms with Gasteiger partial charge in [-0.3, -0.25) is 4.90 Å². The molecule has 2 bridgehead atoms. The monoisotopic (exact) mass is 339 g/mol. The second-order valence-electron chi connectivity index (χ2n) is 7.04. The van der Waals surface area contributed by atoms with Gasteiger partial charge in [0.1, 0.15) is 5.60 Å². The molecule has 1 aromatic rings. The predicted molar refractivity (Wildman–Crippen MR) is 91.4 cm³/mol. The number of nitrogens with zero attached hydrogens (tertiary/aromatic N) is 1. The van der Waals surface area contributed by atoms with E-state index in [1.54, 1.807) is 11.3 Å². The number of ether oxygens (including phenoxy) is 1. The molecular weight excluding hydrogens is 318 g/mol. The molecule has 3 heterocycles. The molecule has 0 spiro atoms. The van der Waals surface area contributed by atoms with Crippen molar-refractivity contribution in [1.29, 1.82) is 0 Å². The lowest BCUT2D eigenvalue weighted by atomic mass is 9.85. The summed E-state index contributed by atoms with van der Waals surface area (Å²) in [5, 5.41) is 0. The van der Waals surface area contributed by atoms with E-state index in [4.69, 9.17) is 16.3 Å². The van der Waals surface area contributed by atoms with Gasteiger partial charge in [0, 0.05) is 10.9 Å². The molecule has 2 unspecified atom stereocenters. The van der Waals surface area contributed by atoms with Crippen molar-refractivity contribution < 1.29 is 9.53 Å². The molecule has 3 nitrogen and oxygen atoms in total. The van der Waals surface area contributed by atoms with E-state index in [0.29, 0.717) is 0 Å². The number of fused-ring (bicyclic) bond motifs is 2. The van der Waals surface area contributed by atoms with Gasteiger partial charge in [-0.2, -0.15) is 0 Å². The molecule has 0 saturated carbocycles. The highest BCUT2D eigenvalue weighted by Crippen LogP contribution is 2.40. The van der Waals surface area contributed by atoms with Crippen LogP contribution >= 0.6 is 22.9 Å². The van der Waals surface area contributed by atoms with E-state index < -0.39 is 5.60 Å². The summed E-state index contributed by atoms with van der Waals surface area (Å²) in [7, 11) is 0. The van der Waals surface area contributed by atoms with Crippen molar-refractivity contribution in [2.45, 2.75) is 64.1 Å². The molecule has 3 rings (SSSR count). The summed E-state index contributed by atoms with van der Waals surface area (Å²) < 4.78 is 6.41. The first kappa shape index (κ1) is 15.9. The summed E-state index contributed by atoms with van der Waals surface area (Å²) in [5.41, 5.74) is 0.878. The Bertz CT molecular complexity index is 602. The van der Waals surface area contributed by atoms with Crippen LogP contribution in [0.15, 0.2) is 18.2 Å². The van der Waals surface area contributed by atoms with Crippen LogP contribution in [0.25, 0.3) is 5.57 Å². The highest BCUT2D eigenvalue weighted by molar-refractivity contribution is 7.17. The second-order valence-corrected chi connectivity index (χ2v) is 8.75. The molecule has 22 heavy (non-hydrogen) atoms. The Morgan fingerprint density at radius 3 is 2.73 bits per heavy atom. The molecule has 120 valence electrons. The third-order valence-electron chi connectivity index (χ3n) is 4.13. The van der Waals surface area contributed by atoms with Gasteiger partial charge in [-0.15, -0.1) is 11.3 Å². The summed E-state index contributed by atoms with van der Waals surface area (Å²) in [4.78, 5) is 15.7. The van der Waals surface area contributed by atoms with E-state index in [-0.39, 0.29) is 18.2 Å². The molecule has 0 N–H and O–H groups in total. The zero-order chi connectivity index (χ0) is 15.9. The largest absolute Gasteiger partial charge is 0.444 e. The smallest absolute Gasteiger partial charge is 0.411 e. The summed E-state index contributed by atoms with van der Waals surface area (Å²) in [6.45, 7) is 5.75. The van der Waals surface area contributed by atoms with Gasteiger partial charge < -0.3 is 4.74 Å². The van der Waals surface area contributed by atoms with Crippen LogP contribution in [0, 0.1) is 0 Å². The molecule has 1 amide bonds. The van der Waals surface area contributed by atoms with Gasteiger partial charge >= 0.3 is 6.09 Å². The van der Waals surface area contributed by atoms with Crippen molar-refractivity contribution in [2.24, 2.45) is 0 Å². The average molecular weight is 340 g/mol. The molecule has 0 aromatic carbocycles. The molecule has 2 aliphatic rings. The van der Waals surface area contributed by atoms with E-state index in [0.717, 1.165) is 23.6 Å². The van der Waals surface area contributed by atoms with Crippen molar-refractivity contribution in [1.82, 2.24) is 4.90 Å². The SMILES string of the molecule is CC(C)(C)OC(=O)N1C2C=C(c3ccc(Cl)s3)CC1CCC2. The molecular formula is C17H22ClNO2S. The van der Waals surface area contributed by atoms with Crippen LogP contribution in [0.5, 0.6) is 0 Å². The maximum Gasteiger partial charge on any atom is 0.411 e. The highest BCUT2D eigenvalue weighted by Gasteiger charge is 2.39. The third kappa shape index (κ3) is 3.33. The Labute approximate surface area is 140 Å². The van der Waals surface area contributed by atoms with Gasteiger partial charge in [-0.25, -0.2) is 4.79 Å². The first-order valence-electron chi connectivity index (χ1n) is 7.81. The van der Waals surface area contributed by atoms with Gasteiger partial charge in [-0.05, 0) is 64.2 Å². The zero-order valence-electron chi connectivity index (χ0n) is 13.3. The standard InChI is InChI=1S/C17H22ClNO2S/c1-17(2,3)21-16(20)19-12-5-4-6-13(19)10-11(9-12)14-7-8-15(18)22-14/h7-9,12-13H,4-6,10H2,1-3H3. The van der Waals surface area contributed by atoms with Gasteiger partial charge in [-0.1, -0.05) is 17.7 Å². The van der Waals surface area contributed by atoms with Crippen molar-refractivity contribution in [2.75, 3.05) is 0 Å². The minimum atomic E-state index is -0.448. The molecule has 1 aromatic heterocycles. The lowest BCUT2D eigenvalue weighted by Crippen LogP contribution is -2.52. The molecule has 0 radical (unpaired) electrons. The number of halogens is 1. The summed E-state index contributed by atoms with van der Waals surface area (Å²) in [6.07, 6.45) is 6.18. The van der Waals surface area contributed by atoms with Crippen LogP contribution in [0.2, 0.25) is 4.34 Å². The number of carbonyl (C=O) groups is 1. The topological polar surface area (TPSA) is 29.5 Å². The van der Waals surface area contributed by atoms with Gasteiger partial charge in [0.05, 0.1) is 10.4 Å². The zero-order valence-corrected chi connectivity index (χ0v) is 14.8. The number of hydrogen-bond acceptors (Lipinski definition) is 3. The first-order chi connectivity index (χ1) is 10.3. The van der Waals surface area contributed by atoms with Crippen molar-refractivity contribution in [3.8, 4) is 0 Å². The summed E-state index contributed by atoms with van der Waals surface area (Å²) >= 11 is 7.67. The number of piperidine rings is 1. The van der Waals surface area contributed by atoms with E-state index in [2.05, 4.69) is 12.1 Å². The van der Waals surface area contributed by atoms with Crippen molar-refractivity contribution >= 4 is 34.6 Å². The van der Waals surface area contributed by atoms with E-state index in [1.807, 2.05) is 31.7 Å². The van der Waals surface area contributed by atoms with Crippen molar-refractivity contribution in [3.63, 3.8) is 0 Å². The number of rotatable bonds is 1. The maximum absolute atomic E-state index is 12.5. The number of carbonyl (C=O) groups excluding carboxylic acids is 1. The average Bonchev–Trinajstić information content (AvgIpc) is 2.81. The fourth-order valence-electron chi connectivity index (χ4n) is 3.30. The van der Waals surface area contributed by atoms with Crippen LogP contribution in [-0.4, -0.2) is 28.7 Å². The Morgan fingerprint density at radius 2 is 2.14 bits per heavy atom. The summed E-state index contributed by atoms with van der Waals surface area (Å²) in [5.74, 6) is 0. The number of hydrogen-bond donors (Lipinski definition) is 0. The molecule has 2 aliphatic heterocycles. The Kier molecular flexibility index (Phi) is 4.25. The van der Waals surface area contributed by atoms with E-state index in [1.165, 1.54) is 16.9 Å². The molecule has 0 aliphatic carbocycles. The van der Waals surface area contributed by atoms with Gasteiger partial charge in [0.15, 0.2) is 0 Å². The minimum absolute atomic E-state index is 0.151. The van der Waals surface area contributed by atoms with Gasteiger partial charge in [0.2, 0.25) is 0 Å². The van der Waals surface area contributed by atoms with Gasteiger partial charge in [0.25, 0.3) is 0 Å². The first-order valence-corrected chi connectivity index (χ1v) is 9.01. The number of thiophene rings is 1. The maximum atomic E-state index is 12.5. The molecule has 5 heteroatoms. The second kappa shape index (κ2) is 5.89. The lowest BCUT2D eigenvalue weighted by molar-refractivity contribution is 0.000103. The van der Waals surface area contributed by atoms with Crippen molar-refractivity contribution in [3.05, 3.63) is 27.4 Å². The van der Waals surface area contributed by atoms with Crippen LogP contribution in [0.4, 0.5) is 4.79 Å². The van der Waals surface area contributed by atoms with Crippen LogP contribution < -0.4 is 0 Å². The molecule has 2 atom stereocenters. The Balaban J connectivity index is 1.84. The van der Waals surface area contributed by atoms with Crippen LogP contribution in [-0.2, 0) is 4.74 Å². The Morgan fingerprint density at radius 1 is 1.36 bits per heavy atom. The fraction of sp³-hybridized carbons (Fsp3) is 0.588. The lowest BCUT2D eigenvalue weighted by Gasteiger charge is -2.45. The van der Waals surface area contributed by atoms with E-state index >= 15 is 0 Å². The molecule has 1 fully saturated rings.